The van der Waals surface area contributed by atoms with Crippen molar-refractivity contribution < 1.29 is 9.21 Å². The van der Waals surface area contributed by atoms with Crippen LogP contribution in [0.25, 0.3) is 27.9 Å². The van der Waals surface area contributed by atoms with Crippen molar-refractivity contribution in [1.82, 2.24) is 24.1 Å². The molecule has 0 aliphatic heterocycles. The molecule has 0 aliphatic rings. The summed E-state index contributed by atoms with van der Waals surface area (Å²) in [6, 6.07) is 21.6. The Kier molecular flexibility index (Phi) is 6.50. The Balaban J connectivity index is 1.39. The number of carbonyl (C=O) groups excluding carboxylic acids is 1. The summed E-state index contributed by atoms with van der Waals surface area (Å²) in [5.74, 6) is 1.21. The van der Waals surface area contributed by atoms with Gasteiger partial charge in [-0.1, -0.05) is 31.2 Å². The highest BCUT2D eigenvalue weighted by Gasteiger charge is 2.29. The Morgan fingerprint density at radius 1 is 1.03 bits per heavy atom. The first-order chi connectivity index (χ1) is 19.1. The summed E-state index contributed by atoms with van der Waals surface area (Å²) in [5, 5.41) is 0.964. The van der Waals surface area contributed by atoms with Crippen molar-refractivity contribution in [2.24, 2.45) is 7.05 Å². The van der Waals surface area contributed by atoms with E-state index in [2.05, 4.69) is 41.2 Å². The van der Waals surface area contributed by atoms with Gasteiger partial charge in [0.05, 0.1) is 18.2 Å². The molecule has 2 aromatic carbocycles. The Hall–Kier alpha value is -4.98. The summed E-state index contributed by atoms with van der Waals surface area (Å²) in [6.07, 6.45) is 11.3. The van der Waals surface area contributed by atoms with Crippen LogP contribution >= 0.6 is 0 Å². The number of pyridine rings is 1. The lowest BCUT2D eigenvalue weighted by atomic mass is 10.1. The van der Waals surface area contributed by atoms with Gasteiger partial charge in [0.25, 0.3) is 0 Å². The number of carbonyl (C=O) groups is 1. The van der Waals surface area contributed by atoms with Crippen molar-refractivity contribution in [3.05, 3.63) is 115 Å². The predicted octanol–water partition coefficient (Wildman–Crippen LogP) is 5.92. The second kappa shape index (κ2) is 10.4. The Morgan fingerprint density at radius 3 is 2.62 bits per heavy atom. The number of nitrogens with zero attached hydrogens (tertiary/aromatic N) is 6. The third kappa shape index (κ3) is 4.72. The largest absolute Gasteiger partial charge is 0.440 e. The maximum atomic E-state index is 12.6. The van der Waals surface area contributed by atoms with Crippen molar-refractivity contribution in [3.63, 3.8) is 0 Å². The van der Waals surface area contributed by atoms with Crippen LogP contribution in [0.5, 0.6) is 0 Å². The summed E-state index contributed by atoms with van der Waals surface area (Å²) in [7, 11) is 1.97. The van der Waals surface area contributed by atoms with Gasteiger partial charge >= 0.3 is 0 Å². The Bertz CT molecular complexity index is 1700. The van der Waals surface area contributed by atoms with Gasteiger partial charge in [0.1, 0.15) is 17.4 Å². The third-order valence-corrected chi connectivity index (χ3v) is 7.10. The molecule has 0 bridgehead atoms. The molecule has 0 fully saturated rings. The number of hydrogen-bond donors (Lipinski definition) is 0. The smallest absolute Gasteiger partial charge is 0.217 e. The number of aromatic nitrogens is 5. The molecule has 0 N–H and O–H groups in total. The standard InChI is InChI=1S/C31H28N6O2/c1-3-22-7-12-29-24(16-22)17-30(39-29)37(21-38)27(18-25-6-4-5-13-33-25)31-34-19-28(35(31)2)23-8-10-26(11-9-23)36-15-14-32-20-36/h4-17,19-21,27H,3,18H2,1-2H3. The van der Waals surface area contributed by atoms with Gasteiger partial charge in [-0.3, -0.25) is 14.7 Å². The van der Waals surface area contributed by atoms with Crippen molar-refractivity contribution >= 4 is 23.3 Å². The minimum absolute atomic E-state index is 0.437. The van der Waals surface area contributed by atoms with E-state index in [1.165, 1.54) is 5.56 Å². The van der Waals surface area contributed by atoms with Crippen LogP contribution in [0.15, 0.2) is 102 Å². The third-order valence-electron chi connectivity index (χ3n) is 7.10. The zero-order valence-electron chi connectivity index (χ0n) is 21.8. The molecule has 6 aromatic rings. The van der Waals surface area contributed by atoms with Gasteiger partial charge in [-0.2, -0.15) is 0 Å². The van der Waals surface area contributed by atoms with E-state index in [4.69, 9.17) is 9.40 Å². The summed E-state index contributed by atoms with van der Waals surface area (Å²) in [6.45, 7) is 2.12. The highest BCUT2D eigenvalue weighted by molar-refractivity contribution is 5.85. The zero-order chi connectivity index (χ0) is 26.8. The molecule has 0 aliphatic carbocycles. The zero-order valence-corrected chi connectivity index (χ0v) is 21.8. The van der Waals surface area contributed by atoms with Crippen LogP contribution in [0.1, 0.15) is 30.0 Å². The number of fused-ring (bicyclic) bond motifs is 1. The van der Waals surface area contributed by atoms with Crippen molar-refractivity contribution in [2.75, 3.05) is 4.90 Å². The quantitative estimate of drug-likeness (QED) is 0.223. The average Bonchev–Trinajstić information content (AvgIpc) is 3.73. The first-order valence-corrected chi connectivity index (χ1v) is 12.9. The topological polar surface area (TPSA) is 82.0 Å². The monoisotopic (exact) mass is 516 g/mol. The molecule has 1 amide bonds. The van der Waals surface area contributed by atoms with E-state index in [1.54, 1.807) is 23.6 Å². The molecule has 39 heavy (non-hydrogen) atoms. The van der Waals surface area contributed by atoms with E-state index >= 15 is 0 Å². The molecule has 4 aromatic heterocycles. The van der Waals surface area contributed by atoms with E-state index in [0.29, 0.717) is 12.3 Å². The second-order valence-electron chi connectivity index (χ2n) is 9.44. The van der Waals surface area contributed by atoms with Gasteiger partial charge in [-0.25, -0.2) is 9.97 Å². The maximum absolute atomic E-state index is 12.6. The van der Waals surface area contributed by atoms with Crippen LogP contribution < -0.4 is 4.90 Å². The fraction of sp³-hybridized carbons (Fsp3) is 0.161. The molecule has 0 radical (unpaired) electrons. The highest BCUT2D eigenvalue weighted by Crippen LogP contribution is 2.34. The molecule has 1 atom stereocenters. The van der Waals surface area contributed by atoms with Crippen molar-refractivity contribution in [2.45, 2.75) is 25.8 Å². The first kappa shape index (κ1) is 24.4. The lowest BCUT2D eigenvalue weighted by Gasteiger charge is -2.26. The molecule has 8 nitrogen and oxygen atoms in total. The number of amides is 1. The molecule has 8 heteroatoms. The highest BCUT2D eigenvalue weighted by atomic mass is 16.4. The molecule has 0 saturated heterocycles. The predicted molar refractivity (Wildman–Crippen MR) is 151 cm³/mol. The van der Waals surface area contributed by atoms with Crippen LogP contribution in [0.4, 0.5) is 5.88 Å². The number of imidazole rings is 2. The Morgan fingerprint density at radius 2 is 1.90 bits per heavy atom. The molecule has 1 unspecified atom stereocenters. The van der Waals surface area contributed by atoms with E-state index < -0.39 is 6.04 Å². The van der Waals surface area contributed by atoms with Crippen molar-refractivity contribution in [3.8, 4) is 16.9 Å². The molecule has 0 spiro atoms. The van der Waals surface area contributed by atoms with Gasteiger partial charge in [-0.05, 0) is 53.9 Å². The molecule has 194 valence electrons. The molecular weight excluding hydrogens is 488 g/mol. The minimum atomic E-state index is -0.437. The van der Waals surface area contributed by atoms with Crippen LogP contribution in [0, 0.1) is 0 Å². The number of hydrogen-bond acceptors (Lipinski definition) is 5. The first-order valence-electron chi connectivity index (χ1n) is 12.9. The van der Waals surface area contributed by atoms with Crippen LogP contribution in [0.3, 0.4) is 0 Å². The summed E-state index contributed by atoms with van der Waals surface area (Å²) in [4.78, 5) is 27.7. The van der Waals surface area contributed by atoms with Crippen LogP contribution in [0.2, 0.25) is 0 Å². The Labute approximate surface area is 226 Å². The van der Waals surface area contributed by atoms with Crippen molar-refractivity contribution in [1.29, 1.82) is 0 Å². The molecule has 0 saturated carbocycles. The van der Waals surface area contributed by atoms with E-state index in [9.17, 15) is 4.79 Å². The summed E-state index contributed by atoms with van der Waals surface area (Å²) < 4.78 is 10.2. The SMILES string of the molecule is CCc1ccc2oc(N(C=O)C(Cc3ccccn3)c3ncc(-c4ccc(-n5ccnc5)cc4)n3C)cc2c1. The number of furan rings is 1. The second-order valence-corrected chi connectivity index (χ2v) is 9.44. The number of aryl methyl sites for hydroxylation is 1. The summed E-state index contributed by atoms with van der Waals surface area (Å²) >= 11 is 0. The molecule has 4 heterocycles. The van der Waals surface area contributed by atoms with E-state index in [-0.39, 0.29) is 0 Å². The molecule has 6 rings (SSSR count). The lowest BCUT2D eigenvalue weighted by molar-refractivity contribution is -0.108. The van der Waals surface area contributed by atoms with Gasteiger partial charge in [0, 0.05) is 54.9 Å². The van der Waals surface area contributed by atoms with E-state index in [1.807, 2.05) is 71.0 Å². The number of rotatable bonds is 9. The summed E-state index contributed by atoms with van der Waals surface area (Å²) in [5.41, 5.74) is 5.79. The number of benzene rings is 2. The maximum Gasteiger partial charge on any atom is 0.217 e. The van der Waals surface area contributed by atoms with Crippen LogP contribution in [-0.2, 0) is 24.7 Å². The van der Waals surface area contributed by atoms with E-state index in [0.717, 1.165) is 52.3 Å². The molecular formula is C31H28N6O2. The van der Waals surface area contributed by atoms with Crippen LogP contribution in [-0.4, -0.2) is 30.5 Å². The number of anilines is 1. The van der Waals surface area contributed by atoms with Gasteiger partial charge in [0.2, 0.25) is 12.3 Å². The van der Waals surface area contributed by atoms with Gasteiger partial charge in [-0.15, -0.1) is 0 Å². The fourth-order valence-electron chi connectivity index (χ4n) is 4.95. The normalized spacial score (nSPS) is 12.1. The lowest BCUT2D eigenvalue weighted by Crippen LogP contribution is -2.31. The van der Waals surface area contributed by atoms with Gasteiger partial charge < -0.3 is 13.6 Å². The minimum Gasteiger partial charge on any atom is -0.440 e. The van der Waals surface area contributed by atoms with Gasteiger partial charge in [0.15, 0.2) is 0 Å². The fourth-order valence-corrected chi connectivity index (χ4v) is 4.95. The average molecular weight is 517 g/mol.